The highest BCUT2D eigenvalue weighted by molar-refractivity contribution is 9.10. The zero-order valence-electron chi connectivity index (χ0n) is 15.8. The number of hydrogen-bond donors (Lipinski definition) is 1. The Kier molecular flexibility index (Phi) is 5.80. The van der Waals surface area contributed by atoms with E-state index in [1.165, 1.54) is 42.7 Å². The van der Waals surface area contributed by atoms with Gasteiger partial charge in [0, 0.05) is 21.6 Å². The first-order valence-electron chi connectivity index (χ1n) is 8.82. The molecular weight excluding hydrogens is 527 g/mol. The quantitative estimate of drug-likeness (QED) is 0.258. The summed E-state index contributed by atoms with van der Waals surface area (Å²) in [5.74, 6) is -0.448. The van der Waals surface area contributed by atoms with Gasteiger partial charge >= 0.3 is 0 Å². The van der Waals surface area contributed by atoms with Crippen molar-refractivity contribution in [2.45, 2.75) is 9.79 Å². The lowest BCUT2D eigenvalue weighted by atomic mass is 10.2. The number of sulfone groups is 1. The molecule has 0 bridgehead atoms. The molecule has 0 atom stereocenters. The van der Waals surface area contributed by atoms with Crippen molar-refractivity contribution in [2.75, 3.05) is 5.32 Å². The first kappa shape index (κ1) is 22.1. The van der Waals surface area contributed by atoms with Crippen LogP contribution in [0.15, 0.2) is 75.2 Å². The fourth-order valence-electron chi connectivity index (χ4n) is 2.98. The van der Waals surface area contributed by atoms with Crippen molar-refractivity contribution in [1.29, 1.82) is 0 Å². The molecule has 0 amide bonds. The molecule has 0 unspecified atom stereocenters. The molecule has 32 heavy (non-hydrogen) atoms. The minimum Gasteiger partial charge on any atom is -0.340 e. The van der Waals surface area contributed by atoms with Crippen LogP contribution in [0.5, 0.6) is 0 Å². The highest BCUT2D eigenvalue weighted by atomic mass is 79.9. The fraction of sp³-hybridized carbons (Fsp3) is 0. The molecule has 1 N–H and O–H groups in total. The van der Waals surface area contributed by atoms with Crippen molar-refractivity contribution in [3.8, 4) is 0 Å². The van der Waals surface area contributed by atoms with Gasteiger partial charge in [-0.2, -0.15) is 0 Å². The van der Waals surface area contributed by atoms with Crippen LogP contribution in [0.25, 0.3) is 10.9 Å². The normalized spacial score (nSPS) is 11.5. The van der Waals surface area contributed by atoms with Gasteiger partial charge in [-0.1, -0.05) is 27.5 Å². The number of rotatable bonds is 5. The number of nitro groups is 1. The molecule has 0 aliphatic heterocycles. The van der Waals surface area contributed by atoms with Gasteiger partial charge in [0.25, 0.3) is 5.69 Å². The van der Waals surface area contributed by atoms with Gasteiger partial charge in [0.2, 0.25) is 9.84 Å². The number of nitrogens with one attached hydrogen (secondary N) is 1. The smallest absolute Gasteiger partial charge is 0.289 e. The van der Waals surface area contributed by atoms with E-state index in [1.54, 1.807) is 0 Å². The number of anilines is 2. The highest BCUT2D eigenvalue weighted by Crippen LogP contribution is 2.35. The molecule has 12 heteroatoms. The molecule has 0 spiro atoms. The predicted octanol–water partition coefficient (Wildman–Crippen LogP) is 5.67. The maximum atomic E-state index is 13.4. The van der Waals surface area contributed by atoms with E-state index in [1.807, 2.05) is 0 Å². The monoisotopic (exact) mass is 536 g/mol. The van der Waals surface area contributed by atoms with E-state index in [9.17, 15) is 22.9 Å². The maximum absolute atomic E-state index is 13.4. The summed E-state index contributed by atoms with van der Waals surface area (Å²) in [6, 6.07) is 11.9. The second-order valence-electron chi connectivity index (χ2n) is 6.53. The van der Waals surface area contributed by atoms with Gasteiger partial charge in [-0.3, -0.25) is 10.1 Å². The first-order chi connectivity index (χ1) is 15.2. The molecule has 4 aromatic rings. The first-order valence-corrected chi connectivity index (χ1v) is 11.5. The Morgan fingerprint density at radius 1 is 1.06 bits per heavy atom. The van der Waals surface area contributed by atoms with Crippen LogP contribution in [0, 0.1) is 15.9 Å². The largest absolute Gasteiger partial charge is 0.340 e. The summed E-state index contributed by atoms with van der Waals surface area (Å²) in [7, 11) is -4.21. The topological polar surface area (TPSA) is 115 Å². The molecule has 8 nitrogen and oxygen atoms in total. The molecule has 1 aromatic heterocycles. The van der Waals surface area contributed by atoms with Gasteiger partial charge in [0.1, 0.15) is 18.0 Å². The molecule has 4 rings (SSSR count). The van der Waals surface area contributed by atoms with Crippen LogP contribution >= 0.6 is 27.5 Å². The lowest BCUT2D eigenvalue weighted by Gasteiger charge is -2.11. The Morgan fingerprint density at radius 3 is 2.44 bits per heavy atom. The van der Waals surface area contributed by atoms with Gasteiger partial charge in [-0.15, -0.1) is 0 Å². The average molecular weight is 538 g/mol. The van der Waals surface area contributed by atoms with E-state index >= 15 is 0 Å². The highest BCUT2D eigenvalue weighted by Gasteiger charge is 2.29. The summed E-state index contributed by atoms with van der Waals surface area (Å²) in [4.78, 5) is 18.5. The zero-order valence-corrected chi connectivity index (χ0v) is 18.9. The average Bonchev–Trinajstić information content (AvgIpc) is 2.76. The summed E-state index contributed by atoms with van der Waals surface area (Å²) < 4.78 is 40.4. The molecule has 3 aromatic carbocycles. The Balaban J connectivity index is 1.88. The molecule has 0 saturated heterocycles. The fourth-order valence-corrected chi connectivity index (χ4v) is 4.85. The van der Waals surface area contributed by atoms with Gasteiger partial charge in [-0.25, -0.2) is 22.8 Å². The summed E-state index contributed by atoms with van der Waals surface area (Å²) in [6.45, 7) is 0. The minimum atomic E-state index is -4.21. The summed E-state index contributed by atoms with van der Waals surface area (Å²) in [5, 5.41) is 14.7. The SMILES string of the molecule is O=[N+]([O-])c1cc2c(Nc3ccc(F)c(Cl)c3)ncnc2cc1S(=O)(=O)c1ccc(Br)cc1. The minimum absolute atomic E-state index is 0.100. The Hall–Kier alpha value is -3.15. The Bertz CT molecular complexity index is 1480. The molecule has 0 aliphatic rings. The van der Waals surface area contributed by atoms with Crippen LogP contribution in [0.1, 0.15) is 0 Å². The van der Waals surface area contributed by atoms with E-state index in [0.717, 1.165) is 18.2 Å². The molecule has 0 radical (unpaired) electrons. The number of nitro benzene ring substituents is 1. The van der Waals surface area contributed by atoms with E-state index in [0.29, 0.717) is 10.2 Å². The number of nitrogens with zero attached hydrogens (tertiary/aromatic N) is 3. The van der Waals surface area contributed by atoms with Crippen LogP contribution in [-0.4, -0.2) is 23.3 Å². The lowest BCUT2D eigenvalue weighted by Crippen LogP contribution is -2.07. The van der Waals surface area contributed by atoms with Crippen molar-refractivity contribution in [2.24, 2.45) is 0 Å². The number of halogens is 3. The van der Waals surface area contributed by atoms with Crippen LogP contribution in [0.4, 0.5) is 21.6 Å². The van der Waals surface area contributed by atoms with Crippen LogP contribution in [0.2, 0.25) is 5.02 Å². The van der Waals surface area contributed by atoms with Gasteiger partial charge < -0.3 is 5.32 Å². The van der Waals surface area contributed by atoms with E-state index in [4.69, 9.17) is 11.6 Å². The van der Waals surface area contributed by atoms with E-state index in [-0.39, 0.29) is 26.6 Å². The van der Waals surface area contributed by atoms with Crippen molar-refractivity contribution in [3.63, 3.8) is 0 Å². The number of aromatic nitrogens is 2. The second-order valence-corrected chi connectivity index (χ2v) is 9.77. The third-order valence-electron chi connectivity index (χ3n) is 4.51. The summed E-state index contributed by atoms with van der Waals surface area (Å²) in [6.07, 6.45) is 1.18. The predicted molar refractivity (Wildman–Crippen MR) is 120 cm³/mol. The Labute approximate surface area is 194 Å². The summed E-state index contributed by atoms with van der Waals surface area (Å²) >= 11 is 9.02. The Morgan fingerprint density at radius 2 is 1.78 bits per heavy atom. The number of hydrogen-bond acceptors (Lipinski definition) is 7. The van der Waals surface area contributed by atoms with Crippen molar-refractivity contribution < 1.29 is 17.7 Å². The third-order valence-corrected chi connectivity index (χ3v) is 7.13. The molecule has 0 aliphatic carbocycles. The molecule has 162 valence electrons. The van der Waals surface area contributed by atoms with Gasteiger partial charge in [-0.05, 0) is 48.5 Å². The van der Waals surface area contributed by atoms with Crippen LogP contribution in [0.3, 0.4) is 0 Å². The van der Waals surface area contributed by atoms with Crippen molar-refractivity contribution in [1.82, 2.24) is 9.97 Å². The third kappa shape index (κ3) is 4.14. The standard InChI is InChI=1S/C20H11BrClFN4O4S/c21-11-1-4-13(5-2-11)32(30,31)19-9-17-14(8-18(19)27(28)29)20(25-10-24-17)26-12-3-6-16(23)15(22)7-12/h1-10H,(H,24,25,26). The molecule has 1 heterocycles. The number of fused-ring (bicyclic) bond motifs is 1. The van der Waals surface area contributed by atoms with Crippen molar-refractivity contribution in [3.05, 3.63) is 86.4 Å². The van der Waals surface area contributed by atoms with E-state index < -0.39 is 31.2 Å². The van der Waals surface area contributed by atoms with Crippen LogP contribution < -0.4 is 5.32 Å². The van der Waals surface area contributed by atoms with Crippen LogP contribution in [-0.2, 0) is 9.84 Å². The second kappa shape index (κ2) is 8.41. The van der Waals surface area contributed by atoms with E-state index in [2.05, 4.69) is 31.2 Å². The van der Waals surface area contributed by atoms with Gasteiger partial charge in [0.15, 0.2) is 4.90 Å². The molecule has 0 saturated carbocycles. The maximum Gasteiger partial charge on any atom is 0.289 e. The summed E-state index contributed by atoms with van der Waals surface area (Å²) in [5.41, 5.74) is -0.0852. The lowest BCUT2D eigenvalue weighted by molar-refractivity contribution is -0.387. The number of benzene rings is 3. The zero-order chi connectivity index (χ0) is 23.0. The van der Waals surface area contributed by atoms with Crippen molar-refractivity contribution >= 4 is 65.5 Å². The molecular formula is C20H11BrClFN4O4S. The molecule has 0 fully saturated rings. The van der Waals surface area contributed by atoms with Gasteiger partial charge in [0.05, 0.1) is 20.4 Å².